The van der Waals surface area contributed by atoms with E-state index in [-0.39, 0.29) is 18.2 Å². The highest BCUT2D eigenvalue weighted by Crippen LogP contribution is 2.31. The van der Waals surface area contributed by atoms with Crippen molar-refractivity contribution in [1.82, 2.24) is 10.4 Å². The molecular weight excluding hydrogens is 274 g/mol. The molecule has 1 aliphatic heterocycles. The molecule has 1 aromatic carbocycles. The van der Waals surface area contributed by atoms with Gasteiger partial charge in [-0.05, 0) is 35.9 Å². The van der Waals surface area contributed by atoms with Gasteiger partial charge in [0.25, 0.3) is 5.91 Å². The maximum absolute atomic E-state index is 11.7. The number of carbonyl (C=O) groups is 1. The third-order valence-electron chi connectivity index (χ3n) is 2.70. The van der Waals surface area contributed by atoms with E-state index in [1.165, 1.54) is 12.4 Å². The summed E-state index contributed by atoms with van der Waals surface area (Å²) in [6.45, 7) is 0.230. The van der Waals surface area contributed by atoms with Gasteiger partial charge in [-0.2, -0.15) is 5.10 Å². The van der Waals surface area contributed by atoms with Gasteiger partial charge in [-0.25, -0.2) is 5.43 Å². The Morgan fingerprint density at radius 2 is 2.14 bits per heavy atom. The maximum atomic E-state index is 11.7. The number of aromatic nitrogens is 1. The molecule has 0 bridgehead atoms. The van der Waals surface area contributed by atoms with Crippen LogP contribution in [0.3, 0.4) is 0 Å². The van der Waals surface area contributed by atoms with Crippen molar-refractivity contribution in [2.45, 2.75) is 0 Å². The van der Waals surface area contributed by atoms with E-state index < -0.39 is 0 Å². The Labute approximate surface area is 120 Å². The Kier molecular flexibility index (Phi) is 4.47. The third kappa shape index (κ3) is 3.34. The zero-order valence-electron chi connectivity index (χ0n) is 10.9. The number of ether oxygens (including phenoxy) is 2. The molecule has 1 aromatic heterocycles. The number of nitrogens with zero attached hydrogens (tertiary/aromatic N) is 2. The predicted molar refractivity (Wildman–Crippen MR) is 75.5 cm³/mol. The van der Waals surface area contributed by atoms with Gasteiger partial charge in [0.05, 0.1) is 11.8 Å². The Morgan fingerprint density at radius 1 is 1.29 bits per heavy atom. The Balaban J connectivity index is 0.00000161. The molecule has 0 saturated heterocycles. The molecule has 1 amide bonds. The summed E-state index contributed by atoms with van der Waals surface area (Å²) in [4.78, 5) is 15.6. The minimum absolute atomic E-state index is 0. The number of fused-ring (bicyclic) bond motifs is 1. The lowest BCUT2D eigenvalue weighted by atomic mass is 10.2. The number of nitrogens with one attached hydrogen (secondary N) is 1. The van der Waals surface area contributed by atoms with Crippen molar-refractivity contribution in [3.05, 3.63) is 53.9 Å². The van der Waals surface area contributed by atoms with Crippen molar-refractivity contribution in [3.8, 4) is 11.5 Å². The van der Waals surface area contributed by atoms with Gasteiger partial charge in [-0.1, -0.05) is 0 Å². The van der Waals surface area contributed by atoms with Crippen LogP contribution in [0, 0.1) is 0 Å². The molecule has 2 aromatic rings. The second-order valence-corrected chi connectivity index (χ2v) is 4.05. The number of hydrazone groups is 1. The second-order valence-electron chi connectivity index (χ2n) is 4.05. The lowest BCUT2D eigenvalue weighted by molar-refractivity contribution is 0.0954. The standard InChI is InChI=1S/C14H11N3O3.H2O/c18-14(11-2-1-5-15-8-11)17-16-7-10-3-4-12-13(6-10)20-9-19-12;/h1-8H,9H2,(H,17,18);1H2/b16-7+;. The molecule has 0 saturated carbocycles. The lowest BCUT2D eigenvalue weighted by Gasteiger charge is -1.99. The molecule has 0 spiro atoms. The van der Waals surface area contributed by atoms with Gasteiger partial charge in [-0.3, -0.25) is 9.78 Å². The van der Waals surface area contributed by atoms with Crippen LogP contribution in [0.1, 0.15) is 15.9 Å². The summed E-state index contributed by atoms with van der Waals surface area (Å²) in [6, 6.07) is 8.77. The van der Waals surface area contributed by atoms with Gasteiger partial charge in [0.1, 0.15) is 0 Å². The molecule has 108 valence electrons. The van der Waals surface area contributed by atoms with Gasteiger partial charge in [-0.15, -0.1) is 0 Å². The fourth-order valence-electron chi connectivity index (χ4n) is 1.72. The first-order chi connectivity index (χ1) is 9.83. The fourth-order valence-corrected chi connectivity index (χ4v) is 1.72. The molecule has 7 nitrogen and oxygen atoms in total. The van der Waals surface area contributed by atoms with Crippen molar-refractivity contribution in [2.75, 3.05) is 6.79 Å². The summed E-state index contributed by atoms with van der Waals surface area (Å²) in [6.07, 6.45) is 4.62. The van der Waals surface area contributed by atoms with E-state index in [1.807, 2.05) is 6.07 Å². The van der Waals surface area contributed by atoms with Crippen LogP contribution in [0.4, 0.5) is 0 Å². The van der Waals surface area contributed by atoms with Crippen LogP contribution < -0.4 is 14.9 Å². The van der Waals surface area contributed by atoms with Gasteiger partial charge < -0.3 is 14.9 Å². The van der Waals surface area contributed by atoms with Crippen molar-refractivity contribution in [1.29, 1.82) is 0 Å². The van der Waals surface area contributed by atoms with E-state index in [4.69, 9.17) is 9.47 Å². The number of amides is 1. The molecule has 0 fully saturated rings. The van der Waals surface area contributed by atoms with E-state index in [1.54, 1.807) is 30.5 Å². The Hall–Kier alpha value is -2.93. The molecule has 21 heavy (non-hydrogen) atoms. The van der Waals surface area contributed by atoms with Gasteiger partial charge in [0.2, 0.25) is 6.79 Å². The lowest BCUT2D eigenvalue weighted by Crippen LogP contribution is -2.17. The molecular formula is C14H13N3O4. The Bertz CT molecular complexity index is 659. The average Bonchev–Trinajstić information content (AvgIpc) is 2.95. The summed E-state index contributed by atoms with van der Waals surface area (Å²) in [5.74, 6) is 1.07. The zero-order valence-corrected chi connectivity index (χ0v) is 10.9. The first-order valence-electron chi connectivity index (χ1n) is 5.96. The summed E-state index contributed by atoms with van der Waals surface area (Å²) in [5.41, 5.74) is 3.69. The highest BCUT2D eigenvalue weighted by Gasteiger charge is 2.12. The number of rotatable bonds is 3. The largest absolute Gasteiger partial charge is 0.454 e. The van der Waals surface area contributed by atoms with Crippen molar-refractivity contribution >= 4 is 12.1 Å². The van der Waals surface area contributed by atoms with E-state index >= 15 is 0 Å². The first-order valence-corrected chi connectivity index (χ1v) is 5.96. The SMILES string of the molecule is O.O=C(N/N=C/c1ccc2c(c1)OCO2)c1cccnc1. The molecule has 3 rings (SSSR count). The minimum atomic E-state index is -0.310. The van der Waals surface area contributed by atoms with Gasteiger partial charge >= 0.3 is 0 Å². The first kappa shape index (κ1) is 14.5. The number of hydrogen-bond donors (Lipinski definition) is 1. The van der Waals surface area contributed by atoms with Gasteiger partial charge in [0, 0.05) is 12.4 Å². The summed E-state index contributed by atoms with van der Waals surface area (Å²) in [5, 5.41) is 3.89. The molecule has 0 unspecified atom stereocenters. The van der Waals surface area contributed by atoms with Crippen LogP contribution in [0.5, 0.6) is 11.5 Å². The van der Waals surface area contributed by atoms with E-state index in [0.717, 1.165) is 5.56 Å². The van der Waals surface area contributed by atoms with Gasteiger partial charge in [0.15, 0.2) is 11.5 Å². The fraction of sp³-hybridized carbons (Fsp3) is 0.0714. The number of pyridine rings is 1. The molecule has 7 heteroatoms. The van der Waals surface area contributed by atoms with Crippen LogP contribution in [-0.2, 0) is 0 Å². The molecule has 3 N–H and O–H groups in total. The molecule has 0 radical (unpaired) electrons. The minimum Gasteiger partial charge on any atom is -0.454 e. The van der Waals surface area contributed by atoms with Crippen LogP contribution in [0.25, 0.3) is 0 Å². The molecule has 2 heterocycles. The predicted octanol–water partition coefficient (Wildman–Crippen LogP) is 0.750. The van der Waals surface area contributed by atoms with Crippen LogP contribution in [0.15, 0.2) is 47.8 Å². The van der Waals surface area contributed by atoms with E-state index in [9.17, 15) is 4.79 Å². The summed E-state index contributed by atoms with van der Waals surface area (Å²) >= 11 is 0. The van der Waals surface area contributed by atoms with Crippen molar-refractivity contribution < 1.29 is 19.7 Å². The summed E-state index contributed by atoms with van der Waals surface area (Å²) < 4.78 is 10.5. The zero-order chi connectivity index (χ0) is 13.8. The third-order valence-corrected chi connectivity index (χ3v) is 2.70. The maximum Gasteiger partial charge on any atom is 0.272 e. The number of hydrogen-bond acceptors (Lipinski definition) is 5. The van der Waals surface area contributed by atoms with Crippen LogP contribution >= 0.6 is 0 Å². The van der Waals surface area contributed by atoms with E-state index in [0.29, 0.717) is 17.1 Å². The monoisotopic (exact) mass is 287 g/mol. The normalized spacial score (nSPS) is 12.0. The quantitative estimate of drug-likeness (QED) is 0.664. The molecule has 1 aliphatic rings. The van der Waals surface area contributed by atoms with Crippen molar-refractivity contribution in [2.24, 2.45) is 5.10 Å². The average molecular weight is 287 g/mol. The number of benzene rings is 1. The van der Waals surface area contributed by atoms with Crippen LogP contribution in [-0.4, -0.2) is 29.4 Å². The molecule has 0 atom stereocenters. The van der Waals surface area contributed by atoms with Crippen LogP contribution in [0.2, 0.25) is 0 Å². The number of carbonyl (C=O) groups excluding carboxylic acids is 1. The smallest absolute Gasteiger partial charge is 0.272 e. The summed E-state index contributed by atoms with van der Waals surface area (Å²) in [7, 11) is 0. The molecule has 0 aliphatic carbocycles. The van der Waals surface area contributed by atoms with E-state index in [2.05, 4.69) is 15.5 Å². The van der Waals surface area contributed by atoms with Crippen molar-refractivity contribution in [3.63, 3.8) is 0 Å². The topological polar surface area (TPSA) is 104 Å². The highest BCUT2D eigenvalue weighted by molar-refractivity contribution is 5.94. The highest BCUT2D eigenvalue weighted by atomic mass is 16.7. The second kappa shape index (κ2) is 6.49. The Morgan fingerprint density at radius 3 is 2.95 bits per heavy atom.